The third-order valence-corrected chi connectivity index (χ3v) is 3.57. The first-order valence-electron chi connectivity index (χ1n) is 6.88. The SMILES string of the molecule is CC(C)(C)OC(=O)N1CCC=C(c2ccc(Br)cc2F)C1. The number of hydrogen-bond donors (Lipinski definition) is 0. The van der Waals surface area contributed by atoms with Crippen LogP contribution in [-0.4, -0.2) is 29.7 Å². The zero-order valence-electron chi connectivity index (χ0n) is 12.5. The van der Waals surface area contributed by atoms with Gasteiger partial charge in [0.05, 0.1) is 0 Å². The number of amides is 1. The quantitative estimate of drug-likeness (QED) is 0.735. The highest BCUT2D eigenvalue weighted by molar-refractivity contribution is 9.10. The molecule has 114 valence electrons. The molecule has 0 N–H and O–H groups in total. The average Bonchev–Trinajstić information content (AvgIpc) is 2.37. The van der Waals surface area contributed by atoms with E-state index in [2.05, 4.69) is 15.9 Å². The molecule has 1 amide bonds. The molecular weight excluding hydrogens is 337 g/mol. The molecule has 0 aliphatic carbocycles. The van der Waals surface area contributed by atoms with E-state index in [1.165, 1.54) is 6.07 Å². The molecule has 1 aliphatic rings. The summed E-state index contributed by atoms with van der Waals surface area (Å²) in [5.74, 6) is -0.290. The summed E-state index contributed by atoms with van der Waals surface area (Å²) in [6.07, 6.45) is 2.32. The van der Waals surface area contributed by atoms with E-state index in [4.69, 9.17) is 4.74 Å². The molecule has 5 heteroatoms. The lowest BCUT2D eigenvalue weighted by Gasteiger charge is -2.30. The second-order valence-corrected chi connectivity index (χ2v) is 6.96. The molecule has 1 heterocycles. The Morgan fingerprint density at radius 2 is 2.10 bits per heavy atom. The van der Waals surface area contributed by atoms with Crippen LogP contribution in [0.3, 0.4) is 0 Å². The Balaban J connectivity index is 2.14. The largest absolute Gasteiger partial charge is 0.444 e. The molecule has 3 nitrogen and oxygen atoms in total. The van der Waals surface area contributed by atoms with E-state index >= 15 is 0 Å². The van der Waals surface area contributed by atoms with Crippen LogP contribution in [0, 0.1) is 5.82 Å². The number of carbonyl (C=O) groups is 1. The van der Waals surface area contributed by atoms with Crippen molar-refractivity contribution in [3.05, 3.63) is 40.1 Å². The lowest BCUT2D eigenvalue weighted by atomic mass is 10.0. The smallest absolute Gasteiger partial charge is 0.410 e. The summed E-state index contributed by atoms with van der Waals surface area (Å²) in [5, 5.41) is 0. The number of rotatable bonds is 1. The first-order chi connectivity index (χ1) is 9.76. The summed E-state index contributed by atoms with van der Waals surface area (Å²) in [6.45, 7) is 6.46. The van der Waals surface area contributed by atoms with Gasteiger partial charge in [0.1, 0.15) is 11.4 Å². The molecule has 21 heavy (non-hydrogen) atoms. The van der Waals surface area contributed by atoms with Crippen LogP contribution in [-0.2, 0) is 4.74 Å². The van der Waals surface area contributed by atoms with Crippen molar-refractivity contribution in [2.24, 2.45) is 0 Å². The van der Waals surface area contributed by atoms with Gasteiger partial charge in [-0.25, -0.2) is 9.18 Å². The van der Waals surface area contributed by atoms with Gasteiger partial charge in [-0.1, -0.05) is 28.1 Å². The van der Waals surface area contributed by atoms with Gasteiger partial charge in [0.2, 0.25) is 0 Å². The maximum absolute atomic E-state index is 14.0. The zero-order valence-corrected chi connectivity index (χ0v) is 14.0. The lowest BCUT2D eigenvalue weighted by molar-refractivity contribution is 0.0273. The molecule has 2 rings (SSSR count). The van der Waals surface area contributed by atoms with Gasteiger partial charge in [0, 0.05) is 23.1 Å². The molecule has 1 aromatic rings. The van der Waals surface area contributed by atoms with Gasteiger partial charge >= 0.3 is 6.09 Å². The average molecular weight is 356 g/mol. The predicted octanol–water partition coefficient (Wildman–Crippen LogP) is 4.61. The first kappa shape index (κ1) is 16.0. The van der Waals surface area contributed by atoms with Crippen molar-refractivity contribution >= 4 is 27.6 Å². The third kappa shape index (κ3) is 4.30. The van der Waals surface area contributed by atoms with Crippen molar-refractivity contribution < 1.29 is 13.9 Å². The van der Waals surface area contributed by atoms with Crippen molar-refractivity contribution in [1.29, 1.82) is 0 Å². The monoisotopic (exact) mass is 355 g/mol. The Morgan fingerprint density at radius 1 is 1.38 bits per heavy atom. The van der Waals surface area contributed by atoms with Crippen LogP contribution in [0.2, 0.25) is 0 Å². The van der Waals surface area contributed by atoms with Crippen molar-refractivity contribution in [3.63, 3.8) is 0 Å². The highest BCUT2D eigenvalue weighted by Crippen LogP contribution is 2.26. The minimum absolute atomic E-state index is 0.290. The number of benzene rings is 1. The maximum Gasteiger partial charge on any atom is 0.410 e. The predicted molar refractivity (Wildman–Crippen MR) is 84.5 cm³/mol. The molecular formula is C16H19BrFNO2. The van der Waals surface area contributed by atoms with Crippen LogP contribution in [0.15, 0.2) is 28.7 Å². The van der Waals surface area contributed by atoms with E-state index in [9.17, 15) is 9.18 Å². The Morgan fingerprint density at radius 3 is 2.71 bits per heavy atom. The van der Waals surface area contributed by atoms with E-state index < -0.39 is 5.60 Å². The molecule has 1 aromatic carbocycles. The Bertz CT molecular complexity index is 578. The Hall–Kier alpha value is -1.36. The summed E-state index contributed by atoms with van der Waals surface area (Å²) < 4.78 is 20.1. The number of halogens is 2. The summed E-state index contributed by atoms with van der Waals surface area (Å²) >= 11 is 3.24. The molecule has 0 unspecified atom stereocenters. The molecule has 0 spiro atoms. The topological polar surface area (TPSA) is 29.5 Å². The first-order valence-corrected chi connectivity index (χ1v) is 7.68. The molecule has 0 radical (unpaired) electrons. The van der Waals surface area contributed by atoms with E-state index in [0.717, 1.165) is 5.57 Å². The van der Waals surface area contributed by atoms with Gasteiger partial charge in [-0.3, -0.25) is 0 Å². The van der Waals surface area contributed by atoms with Gasteiger partial charge in [0.25, 0.3) is 0 Å². The van der Waals surface area contributed by atoms with Gasteiger partial charge in [-0.2, -0.15) is 0 Å². The van der Waals surface area contributed by atoms with E-state index in [1.807, 2.05) is 26.8 Å². The van der Waals surface area contributed by atoms with Gasteiger partial charge in [-0.05, 0) is 44.9 Å². The van der Waals surface area contributed by atoms with Crippen molar-refractivity contribution in [2.75, 3.05) is 13.1 Å². The fourth-order valence-corrected chi connectivity index (χ4v) is 2.50. The zero-order chi connectivity index (χ0) is 15.6. The molecule has 0 bridgehead atoms. The standard InChI is InChI=1S/C16H19BrFNO2/c1-16(2,3)21-15(20)19-8-4-5-11(10-19)13-7-6-12(17)9-14(13)18/h5-7,9H,4,8,10H2,1-3H3. The number of carbonyl (C=O) groups excluding carboxylic acids is 1. The Labute approximate surface area is 132 Å². The van der Waals surface area contributed by atoms with Gasteiger partial charge in [0.15, 0.2) is 0 Å². The lowest BCUT2D eigenvalue weighted by Crippen LogP contribution is -2.39. The van der Waals surface area contributed by atoms with Crippen LogP contribution >= 0.6 is 15.9 Å². The van der Waals surface area contributed by atoms with E-state index in [-0.39, 0.29) is 11.9 Å². The third-order valence-electron chi connectivity index (χ3n) is 3.08. The summed E-state index contributed by atoms with van der Waals surface area (Å²) in [7, 11) is 0. The maximum atomic E-state index is 14.0. The van der Waals surface area contributed by atoms with Crippen molar-refractivity contribution in [3.8, 4) is 0 Å². The summed E-state index contributed by atoms with van der Waals surface area (Å²) in [4.78, 5) is 13.7. The fraction of sp³-hybridized carbons (Fsp3) is 0.438. The summed E-state index contributed by atoms with van der Waals surface area (Å²) in [6, 6.07) is 4.96. The van der Waals surface area contributed by atoms with Crippen LogP contribution in [0.4, 0.5) is 9.18 Å². The molecule has 0 saturated heterocycles. The second-order valence-electron chi connectivity index (χ2n) is 6.04. The summed E-state index contributed by atoms with van der Waals surface area (Å²) in [5.41, 5.74) is 0.824. The van der Waals surface area contributed by atoms with Crippen molar-refractivity contribution in [2.45, 2.75) is 32.8 Å². The van der Waals surface area contributed by atoms with E-state index in [1.54, 1.807) is 17.0 Å². The molecule has 1 aliphatic heterocycles. The number of hydrogen-bond acceptors (Lipinski definition) is 2. The van der Waals surface area contributed by atoms with Crippen molar-refractivity contribution in [1.82, 2.24) is 4.90 Å². The van der Waals surface area contributed by atoms with E-state index in [0.29, 0.717) is 29.5 Å². The molecule has 0 aromatic heterocycles. The minimum atomic E-state index is -0.527. The number of nitrogens with zero attached hydrogens (tertiary/aromatic N) is 1. The molecule has 0 atom stereocenters. The van der Waals surface area contributed by atoms with Gasteiger partial charge in [-0.15, -0.1) is 0 Å². The highest BCUT2D eigenvalue weighted by Gasteiger charge is 2.25. The molecule has 0 saturated carbocycles. The normalized spacial score (nSPS) is 15.7. The van der Waals surface area contributed by atoms with Crippen LogP contribution in [0.1, 0.15) is 32.8 Å². The van der Waals surface area contributed by atoms with Crippen LogP contribution in [0.5, 0.6) is 0 Å². The molecule has 0 fully saturated rings. The number of ether oxygens (including phenoxy) is 1. The highest BCUT2D eigenvalue weighted by atomic mass is 79.9. The Kier molecular flexibility index (Phi) is 4.71. The second kappa shape index (κ2) is 6.18. The van der Waals surface area contributed by atoms with Crippen LogP contribution < -0.4 is 0 Å². The van der Waals surface area contributed by atoms with Gasteiger partial charge < -0.3 is 9.64 Å². The minimum Gasteiger partial charge on any atom is -0.444 e. The van der Waals surface area contributed by atoms with Crippen LogP contribution in [0.25, 0.3) is 5.57 Å². The fourth-order valence-electron chi connectivity index (χ4n) is 2.17.